The zero-order chi connectivity index (χ0) is 19.4. The summed E-state index contributed by atoms with van der Waals surface area (Å²) in [7, 11) is 0. The maximum absolute atomic E-state index is 9.62. The van der Waals surface area contributed by atoms with Gasteiger partial charge in [0.05, 0.1) is 6.20 Å². The summed E-state index contributed by atoms with van der Waals surface area (Å²) in [6, 6.07) is 2.22. The van der Waals surface area contributed by atoms with Crippen LogP contribution in [0.1, 0.15) is 58.6 Å². The summed E-state index contributed by atoms with van der Waals surface area (Å²) in [5.74, 6) is 0. The molecule has 6 nitrogen and oxygen atoms in total. The van der Waals surface area contributed by atoms with Crippen molar-refractivity contribution in [2.24, 2.45) is 0 Å². The molecule has 2 aliphatic rings. The van der Waals surface area contributed by atoms with Gasteiger partial charge < -0.3 is 10.0 Å². The molecule has 0 aliphatic carbocycles. The fourth-order valence-electron chi connectivity index (χ4n) is 4.70. The number of aliphatic hydroxyl groups excluding tert-OH is 1. The molecule has 1 atom stereocenters. The van der Waals surface area contributed by atoms with Crippen molar-refractivity contribution in [2.75, 3.05) is 39.3 Å². The van der Waals surface area contributed by atoms with Gasteiger partial charge in [-0.1, -0.05) is 0 Å². The molecule has 154 valence electrons. The number of hydrogen-bond donors (Lipinski definition) is 1. The molecule has 2 aliphatic heterocycles. The van der Waals surface area contributed by atoms with Crippen LogP contribution in [0.4, 0.5) is 0 Å². The summed E-state index contributed by atoms with van der Waals surface area (Å²) in [6.07, 6.45) is 7.60. The Hall–Kier alpha value is -0.950. The lowest BCUT2D eigenvalue weighted by Crippen LogP contribution is -2.58. The Labute approximate surface area is 165 Å². The lowest BCUT2D eigenvalue weighted by atomic mass is 9.97. The molecule has 0 spiro atoms. The summed E-state index contributed by atoms with van der Waals surface area (Å²) in [5.41, 5.74) is 1.30. The van der Waals surface area contributed by atoms with E-state index >= 15 is 0 Å². The third kappa shape index (κ3) is 5.31. The molecule has 3 heterocycles. The maximum atomic E-state index is 9.62. The van der Waals surface area contributed by atoms with Crippen molar-refractivity contribution in [3.05, 3.63) is 18.0 Å². The van der Waals surface area contributed by atoms with Crippen molar-refractivity contribution >= 4 is 0 Å². The normalized spacial score (nSPS) is 24.3. The molecule has 1 N–H and O–H groups in total. The van der Waals surface area contributed by atoms with E-state index in [1.54, 1.807) is 0 Å². The maximum Gasteiger partial charge on any atom is 0.0534 e. The SMILES string of the molecule is CC(C)N1CCC(N2CCN(Cc3cnn(C(C)C)c3)C[C@@H]2CCO)CC1. The minimum atomic E-state index is 0.283. The number of piperidine rings is 1. The molecule has 0 aromatic carbocycles. The predicted molar refractivity (Wildman–Crippen MR) is 110 cm³/mol. The second-order valence-electron chi connectivity index (χ2n) is 8.92. The molecule has 1 aromatic rings. The van der Waals surface area contributed by atoms with E-state index < -0.39 is 0 Å². The Balaban J connectivity index is 1.56. The third-order valence-electron chi connectivity index (χ3n) is 6.36. The van der Waals surface area contributed by atoms with Crippen LogP contribution >= 0.6 is 0 Å². The Morgan fingerprint density at radius 1 is 1.07 bits per heavy atom. The summed E-state index contributed by atoms with van der Waals surface area (Å²) in [5, 5.41) is 14.1. The fourth-order valence-corrected chi connectivity index (χ4v) is 4.70. The molecule has 0 bridgehead atoms. The van der Waals surface area contributed by atoms with Gasteiger partial charge >= 0.3 is 0 Å². The van der Waals surface area contributed by atoms with Crippen LogP contribution in [0, 0.1) is 0 Å². The Morgan fingerprint density at radius 2 is 1.81 bits per heavy atom. The van der Waals surface area contributed by atoms with Crippen molar-refractivity contribution < 1.29 is 5.11 Å². The van der Waals surface area contributed by atoms with Crippen LogP contribution in [0.25, 0.3) is 0 Å². The van der Waals surface area contributed by atoms with Crippen LogP contribution in [0.2, 0.25) is 0 Å². The number of aliphatic hydroxyl groups is 1. The number of aromatic nitrogens is 2. The van der Waals surface area contributed by atoms with Gasteiger partial charge in [0.15, 0.2) is 0 Å². The van der Waals surface area contributed by atoms with Gasteiger partial charge in [-0.15, -0.1) is 0 Å². The van der Waals surface area contributed by atoms with E-state index in [1.165, 1.54) is 31.5 Å². The first-order valence-corrected chi connectivity index (χ1v) is 10.8. The summed E-state index contributed by atoms with van der Waals surface area (Å²) < 4.78 is 2.04. The van der Waals surface area contributed by atoms with Crippen LogP contribution in [-0.4, -0.2) is 87.0 Å². The zero-order valence-electron chi connectivity index (χ0n) is 17.7. The van der Waals surface area contributed by atoms with Crippen molar-refractivity contribution in [3.8, 4) is 0 Å². The van der Waals surface area contributed by atoms with Crippen LogP contribution in [0.5, 0.6) is 0 Å². The van der Waals surface area contributed by atoms with E-state index in [-0.39, 0.29) is 6.61 Å². The number of nitrogens with zero attached hydrogens (tertiary/aromatic N) is 5. The highest BCUT2D eigenvalue weighted by Crippen LogP contribution is 2.25. The fraction of sp³-hybridized carbons (Fsp3) is 0.857. The molecule has 3 rings (SSSR count). The van der Waals surface area contributed by atoms with Crippen LogP contribution in [-0.2, 0) is 6.54 Å². The Kier molecular flexibility index (Phi) is 7.31. The average Bonchev–Trinajstić information content (AvgIpc) is 3.11. The molecule has 0 amide bonds. The molecular weight excluding hydrogens is 338 g/mol. The summed E-state index contributed by atoms with van der Waals surface area (Å²) >= 11 is 0. The Morgan fingerprint density at radius 3 is 2.41 bits per heavy atom. The second-order valence-corrected chi connectivity index (χ2v) is 8.92. The molecule has 1 aromatic heterocycles. The first-order valence-electron chi connectivity index (χ1n) is 10.8. The van der Waals surface area contributed by atoms with E-state index in [9.17, 15) is 5.11 Å². The lowest BCUT2D eigenvalue weighted by molar-refractivity contribution is -0.0000384. The van der Waals surface area contributed by atoms with Gasteiger partial charge in [0.25, 0.3) is 0 Å². The van der Waals surface area contributed by atoms with Crippen molar-refractivity contribution in [1.82, 2.24) is 24.5 Å². The minimum Gasteiger partial charge on any atom is -0.396 e. The molecule has 0 unspecified atom stereocenters. The van der Waals surface area contributed by atoms with Gasteiger partial charge in [-0.2, -0.15) is 5.10 Å². The number of piperazine rings is 1. The quantitative estimate of drug-likeness (QED) is 0.789. The van der Waals surface area contributed by atoms with E-state index in [0.717, 1.165) is 32.6 Å². The zero-order valence-corrected chi connectivity index (χ0v) is 17.7. The molecule has 2 fully saturated rings. The topological polar surface area (TPSA) is 47.8 Å². The van der Waals surface area contributed by atoms with Gasteiger partial charge in [-0.25, -0.2) is 0 Å². The van der Waals surface area contributed by atoms with Crippen LogP contribution in [0.15, 0.2) is 12.4 Å². The highest BCUT2D eigenvalue weighted by Gasteiger charge is 2.33. The van der Waals surface area contributed by atoms with Gasteiger partial charge in [0, 0.05) is 68.7 Å². The number of rotatable bonds is 7. The second kappa shape index (κ2) is 9.50. The molecule has 6 heteroatoms. The third-order valence-corrected chi connectivity index (χ3v) is 6.36. The summed E-state index contributed by atoms with van der Waals surface area (Å²) in [6.45, 7) is 15.9. The van der Waals surface area contributed by atoms with Gasteiger partial charge in [0.1, 0.15) is 0 Å². The van der Waals surface area contributed by atoms with E-state index in [0.29, 0.717) is 24.2 Å². The minimum absolute atomic E-state index is 0.283. The van der Waals surface area contributed by atoms with Crippen molar-refractivity contribution in [1.29, 1.82) is 0 Å². The highest BCUT2D eigenvalue weighted by atomic mass is 16.3. The van der Waals surface area contributed by atoms with Crippen molar-refractivity contribution in [3.63, 3.8) is 0 Å². The highest BCUT2D eigenvalue weighted by molar-refractivity contribution is 5.05. The van der Waals surface area contributed by atoms with Gasteiger partial charge in [-0.3, -0.25) is 14.5 Å². The van der Waals surface area contributed by atoms with Gasteiger partial charge in [-0.05, 0) is 60.0 Å². The average molecular weight is 378 g/mol. The van der Waals surface area contributed by atoms with Crippen LogP contribution < -0.4 is 0 Å². The monoisotopic (exact) mass is 377 g/mol. The summed E-state index contributed by atoms with van der Waals surface area (Å²) in [4.78, 5) is 7.85. The van der Waals surface area contributed by atoms with E-state index in [2.05, 4.69) is 53.7 Å². The molecule has 27 heavy (non-hydrogen) atoms. The molecular formula is C21H39N5O. The predicted octanol–water partition coefficient (Wildman–Crippen LogP) is 2.21. The number of hydrogen-bond acceptors (Lipinski definition) is 5. The first kappa shape index (κ1) is 20.8. The van der Waals surface area contributed by atoms with Crippen molar-refractivity contribution in [2.45, 2.75) is 77.7 Å². The van der Waals surface area contributed by atoms with Gasteiger partial charge in [0.2, 0.25) is 0 Å². The number of likely N-dealkylation sites (tertiary alicyclic amines) is 1. The molecule has 0 radical (unpaired) electrons. The first-order chi connectivity index (χ1) is 13.0. The largest absolute Gasteiger partial charge is 0.396 e. The van der Waals surface area contributed by atoms with Crippen LogP contribution in [0.3, 0.4) is 0 Å². The van der Waals surface area contributed by atoms with E-state index in [4.69, 9.17) is 0 Å². The Bertz CT molecular complexity index is 565. The molecule has 2 saturated heterocycles. The standard InChI is InChI=1S/C21H39N5O/c1-17(2)24-8-5-20(6-9-24)25-11-10-23(16-21(25)7-12-27)14-19-13-22-26(15-19)18(3)4/h13,15,17-18,20-21,27H,5-12,14,16H2,1-4H3/t21-/m0/s1. The molecule has 0 saturated carbocycles. The lowest BCUT2D eigenvalue weighted by Gasteiger charge is -2.48. The smallest absolute Gasteiger partial charge is 0.0534 e. The van der Waals surface area contributed by atoms with E-state index in [1.807, 2.05) is 10.9 Å².